The number of hydrogen-bond acceptors (Lipinski definition) is 4. The number of carbonyl (C=O) groups is 2. The average Bonchev–Trinajstić information content (AvgIpc) is 3.02. The smallest absolute Gasteiger partial charge is 0.405 e. The number of para-hydroxylation sites is 1. The molecular weight excluding hydrogens is 372 g/mol. The summed E-state index contributed by atoms with van der Waals surface area (Å²) in [6.45, 7) is 0.964. The largest absolute Gasteiger partial charge is 0.573 e. The maximum atomic E-state index is 14.0. The van der Waals surface area contributed by atoms with Crippen molar-refractivity contribution in [3.05, 3.63) is 29.8 Å². The lowest BCUT2D eigenvalue weighted by molar-refractivity contribution is -0.274. The average molecular weight is 390 g/mol. The van der Waals surface area contributed by atoms with Crippen LogP contribution in [0.25, 0.3) is 0 Å². The molecule has 0 N–H and O–H groups in total. The van der Waals surface area contributed by atoms with Gasteiger partial charge in [-0.25, -0.2) is 4.39 Å². The predicted molar refractivity (Wildman–Crippen MR) is 84.9 cm³/mol. The summed E-state index contributed by atoms with van der Waals surface area (Å²) in [5, 5.41) is 0. The zero-order valence-corrected chi connectivity index (χ0v) is 14.2. The van der Waals surface area contributed by atoms with Gasteiger partial charge in [-0.2, -0.15) is 0 Å². The highest BCUT2D eigenvalue weighted by Gasteiger charge is 2.43. The zero-order valence-electron chi connectivity index (χ0n) is 14.2. The van der Waals surface area contributed by atoms with Crippen molar-refractivity contribution in [1.29, 1.82) is 0 Å². The standard InChI is InChI=1S/C17H18F4N2O4/c18-11-9-13(16(25)22-5-7-26-8-6-22)23(10-11)15(24)12-3-1-2-4-14(12)27-17(19,20)21/h1-4,11,13H,5-10H2/t11-,13-/m0/s1. The van der Waals surface area contributed by atoms with Crippen LogP contribution in [-0.4, -0.2) is 73.0 Å². The van der Waals surface area contributed by atoms with Crippen LogP contribution >= 0.6 is 0 Å². The number of amides is 2. The summed E-state index contributed by atoms with van der Waals surface area (Å²) in [6, 6.07) is 3.76. The molecule has 2 amide bonds. The second-order valence-corrected chi connectivity index (χ2v) is 6.29. The third-order valence-electron chi connectivity index (χ3n) is 4.46. The van der Waals surface area contributed by atoms with Crippen molar-refractivity contribution >= 4 is 11.8 Å². The number of hydrogen-bond donors (Lipinski definition) is 0. The van der Waals surface area contributed by atoms with Crippen LogP contribution in [0.2, 0.25) is 0 Å². The lowest BCUT2D eigenvalue weighted by Gasteiger charge is -2.32. The number of alkyl halides is 4. The molecule has 2 heterocycles. The van der Waals surface area contributed by atoms with Gasteiger partial charge in [0.25, 0.3) is 5.91 Å². The van der Waals surface area contributed by atoms with Gasteiger partial charge in [0.2, 0.25) is 5.91 Å². The molecule has 2 aliphatic rings. The van der Waals surface area contributed by atoms with E-state index in [9.17, 15) is 27.2 Å². The summed E-state index contributed by atoms with van der Waals surface area (Å²) in [5.41, 5.74) is -0.372. The molecule has 0 spiro atoms. The summed E-state index contributed by atoms with van der Waals surface area (Å²) < 4.78 is 60.8. The Morgan fingerprint density at radius 1 is 1.15 bits per heavy atom. The van der Waals surface area contributed by atoms with Gasteiger partial charge in [-0.05, 0) is 12.1 Å². The molecule has 3 rings (SSSR count). The van der Waals surface area contributed by atoms with Gasteiger partial charge >= 0.3 is 6.36 Å². The number of halogens is 4. The maximum absolute atomic E-state index is 14.0. The highest BCUT2D eigenvalue weighted by Crippen LogP contribution is 2.30. The molecule has 0 aliphatic carbocycles. The van der Waals surface area contributed by atoms with E-state index < -0.39 is 36.1 Å². The third kappa shape index (κ3) is 4.49. The SMILES string of the molecule is O=C([C@@H]1C[C@H](F)CN1C(=O)c1ccccc1OC(F)(F)F)N1CCOCC1. The van der Waals surface area contributed by atoms with Crippen molar-refractivity contribution in [3.8, 4) is 5.75 Å². The van der Waals surface area contributed by atoms with Gasteiger partial charge in [0, 0.05) is 19.5 Å². The molecule has 27 heavy (non-hydrogen) atoms. The fourth-order valence-corrected chi connectivity index (χ4v) is 3.25. The lowest BCUT2D eigenvalue weighted by atomic mass is 10.1. The number of carbonyl (C=O) groups excluding carboxylic acids is 2. The van der Waals surface area contributed by atoms with E-state index in [1.807, 2.05) is 0 Å². The van der Waals surface area contributed by atoms with E-state index in [0.29, 0.717) is 26.3 Å². The molecule has 0 aromatic heterocycles. The fourth-order valence-electron chi connectivity index (χ4n) is 3.25. The monoisotopic (exact) mass is 390 g/mol. The van der Waals surface area contributed by atoms with E-state index in [2.05, 4.69) is 4.74 Å². The molecule has 2 aliphatic heterocycles. The number of rotatable bonds is 3. The molecule has 6 nitrogen and oxygen atoms in total. The highest BCUT2D eigenvalue weighted by molar-refractivity contribution is 6.00. The Balaban J connectivity index is 1.83. The quantitative estimate of drug-likeness (QED) is 0.741. The van der Waals surface area contributed by atoms with Crippen molar-refractivity contribution in [3.63, 3.8) is 0 Å². The molecule has 1 aromatic carbocycles. The zero-order chi connectivity index (χ0) is 19.6. The Hall–Kier alpha value is -2.36. The first-order chi connectivity index (χ1) is 12.8. The van der Waals surface area contributed by atoms with Gasteiger partial charge in [0.05, 0.1) is 25.3 Å². The van der Waals surface area contributed by atoms with Gasteiger partial charge in [0.1, 0.15) is 18.0 Å². The van der Waals surface area contributed by atoms with E-state index in [1.54, 1.807) is 0 Å². The Labute approximate surface area is 152 Å². The summed E-state index contributed by atoms with van der Waals surface area (Å²) >= 11 is 0. The summed E-state index contributed by atoms with van der Waals surface area (Å²) in [6.07, 6.45) is -6.60. The van der Waals surface area contributed by atoms with Gasteiger partial charge in [-0.15, -0.1) is 13.2 Å². The third-order valence-corrected chi connectivity index (χ3v) is 4.46. The fraction of sp³-hybridized carbons (Fsp3) is 0.529. The van der Waals surface area contributed by atoms with Gasteiger partial charge in [0.15, 0.2) is 0 Å². The van der Waals surface area contributed by atoms with Gasteiger partial charge in [-0.3, -0.25) is 9.59 Å². The van der Waals surface area contributed by atoms with E-state index in [-0.39, 0.29) is 18.5 Å². The normalized spacial score (nSPS) is 23.4. The van der Waals surface area contributed by atoms with E-state index >= 15 is 0 Å². The predicted octanol–water partition coefficient (Wildman–Crippen LogP) is 2.00. The Morgan fingerprint density at radius 3 is 2.48 bits per heavy atom. The number of ether oxygens (including phenoxy) is 2. The second kappa shape index (κ2) is 7.71. The molecule has 0 radical (unpaired) electrons. The first-order valence-electron chi connectivity index (χ1n) is 8.42. The molecule has 10 heteroatoms. The Kier molecular flexibility index (Phi) is 5.54. The first-order valence-corrected chi connectivity index (χ1v) is 8.42. The molecular formula is C17H18F4N2O4. The number of benzene rings is 1. The second-order valence-electron chi connectivity index (χ2n) is 6.29. The van der Waals surface area contributed by atoms with Crippen molar-refractivity contribution in [2.75, 3.05) is 32.8 Å². The topological polar surface area (TPSA) is 59.1 Å². The number of morpholine rings is 1. The molecule has 0 saturated carbocycles. The van der Waals surface area contributed by atoms with Crippen LogP contribution in [0, 0.1) is 0 Å². The molecule has 1 aromatic rings. The molecule has 0 unspecified atom stereocenters. The Morgan fingerprint density at radius 2 is 1.81 bits per heavy atom. The van der Waals surface area contributed by atoms with Crippen LogP contribution in [0.1, 0.15) is 16.8 Å². The van der Waals surface area contributed by atoms with Crippen LogP contribution in [-0.2, 0) is 9.53 Å². The minimum absolute atomic E-state index is 0.190. The molecule has 2 saturated heterocycles. The van der Waals surface area contributed by atoms with Gasteiger partial charge in [-0.1, -0.05) is 12.1 Å². The minimum atomic E-state index is -4.98. The van der Waals surface area contributed by atoms with E-state index in [4.69, 9.17) is 4.74 Å². The van der Waals surface area contributed by atoms with Crippen LogP contribution in [0.15, 0.2) is 24.3 Å². The van der Waals surface area contributed by atoms with Crippen molar-refractivity contribution in [1.82, 2.24) is 9.80 Å². The van der Waals surface area contributed by atoms with Crippen molar-refractivity contribution in [2.45, 2.75) is 25.0 Å². The van der Waals surface area contributed by atoms with Crippen LogP contribution in [0.3, 0.4) is 0 Å². The molecule has 2 fully saturated rings. The first kappa shape index (κ1) is 19.4. The van der Waals surface area contributed by atoms with Gasteiger partial charge < -0.3 is 19.3 Å². The Bertz CT molecular complexity index is 706. The summed E-state index contributed by atoms with van der Waals surface area (Å²) in [5.74, 6) is -1.99. The van der Waals surface area contributed by atoms with E-state index in [1.165, 1.54) is 17.0 Å². The molecule has 2 atom stereocenters. The maximum Gasteiger partial charge on any atom is 0.573 e. The highest BCUT2D eigenvalue weighted by atomic mass is 19.4. The molecule has 0 bridgehead atoms. The minimum Gasteiger partial charge on any atom is -0.405 e. The number of likely N-dealkylation sites (tertiary alicyclic amines) is 1. The summed E-state index contributed by atoms with van der Waals surface area (Å²) in [4.78, 5) is 28.0. The lowest BCUT2D eigenvalue weighted by Crippen LogP contribution is -2.51. The van der Waals surface area contributed by atoms with Crippen LogP contribution in [0.5, 0.6) is 5.75 Å². The van der Waals surface area contributed by atoms with Crippen LogP contribution in [0.4, 0.5) is 17.6 Å². The van der Waals surface area contributed by atoms with E-state index in [0.717, 1.165) is 17.0 Å². The number of nitrogens with zero attached hydrogens (tertiary/aromatic N) is 2. The summed E-state index contributed by atoms with van der Waals surface area (Å²) in [7, 11) is 0. The van der Waals surface area contributed by atoms with Crippen molar-refractivity contribution in [2.24, 2.45) is 0 Å². The van der Waals surface area contributed by atoms with Crippen LogP contribution < -0.4 is 4.74 Å². The van der Waals surface area contributed by atoms with Crippen molar-refractivity contribution < 1.29 is 36.6 Å². The molecule has 148 valence electrons.